The van der Waals surface area contributed by atoms with Gasteiger partial charge < -0.3 is 20.9 Å². The molecule has 5 N–H and O–H groups in total. The zero-order valence-corrected chi connectivity index (χ0v) is 13.0. The van der Waals surface area contributed by atoms with Crippen LogP contribution in [0.5, 0.6) is 0 Å². The van der Waals surface area contributed by atoms with Crippen LogP contribution in [0.4, 0.5) is 0 Å². The number of rotatable bonds is 4. The normalized spacial score (nSPS) is 23.0. The van der Waals surface area contributed by atoms with Crippen molar-refractivity contribution in [3.8, 4) is 0 Å². The number of aromatic nitrogens is 2. The lowest BCUT2D eigenvalue weighted by atomic mass is 9.77. The van der Waals surface area contributed by atoms with Crippen molar-refractivity contribution in [2.75, 3.05) is 26.2 Å². The molecule has 0 aliphatic carbocycles. The molecule has 1 atom stereocenters. The first-order valence-electron chi connectivity index (χ1n) is 8.11. The van der Waals surface area contributed by atoms with Gasteiger partial charge in [-0.05, 0) is 44.2 Å². The lowest BCUT2D eigenvalue weighted by Crippen LogP contribution is -2.41. The van der Waals surface area contributed by atoms with Crippen molar-refractivity contribution in [2.45, 2.75) is 31.7 Å². The Morgan fingerprint density at radius 2 is 2.09 bits per heavy atom. The Labute approximate surface area is 133 Å². The number of aromatic amines is 2. The minimum Gasteiger partial charge on any atom is -0.354 e. The molecule has 0 saturated carbocycles. The molecule has 1 amide bonds. The van der Waals surface area contributed by atoms with Crippen LogP contribution in [-0.2, 0) is 11.2 Å². The Kier molecular flexibility index (Phi) is 4.63. The standard InChI is InChI=1S/C15H23N5O3/c21-12-10(8-18-14(23)20-12)1-4-17-13(22)11-7-15(9-19-11)2-5-16-6-3-15/h8,11,16,19H,1-7,9H2,(H,17,22)(H2,18,20,21,23)/t11-/m0/s1. The molecule has 2 fully saturated rings. The van der Waals surface area contributed by atoms with Crippen LogP contribution in [0.15, 0.2) is 15.8 Å². The molecule has 0 unspecified atom stereocenters. The minimum atomic E-state index is -0.523. The molecule has 3 heterocycles. The minimum absolute atomic E-state index is 0.0127. The van der Waals surface area contributed by atoms with Gasteiger partial charge in [0.15, 0.2) is 0 Å². The second-order valence-electron chi connectivity index (χ2n) is 6.53. The number of carbonyl (C=O) groups excluding carboxylic acids is 1. The molecule has 0 aromatic carbocycles. The summed E-state index contributed by atoms with van der Waals surface area (Å²) >= 11 is 0. The van der Waals surface area contributed by atoms with Gasteiger partial charge in [0, 0.05) is 24.8 Å². The van der Waals surface area contributed by atoms with Crippen LogP contribution < -0.4 is 27.2 Å². The largest absolute Gasteiger partial charge is 0.354 e. The fraction of sp³-hybridized carbons (Fsp3) is 0.667. The molecule has 3 rings (SSSR count). The van der Waals surface area contributed by atoms with Crippen molar-refractivity contribution in [3.05, 3.63) is 32.6 Å². The van der Waals surface area contributed by atoms with Crippen LogP contribution >= 0.6 is 0 Å². The molecule has 2 aliphatic heterocycles. The zero-order valence-electron chi connectivity index (χ0n) is 13.0. The summed E-state index contributed by atoms with van der Waals surface area (Å²) in [6.45, 7) is 3.31. The maximum Gasteiger partial charge on any atom is 0.325 e. The van der Waals surface area contributed by atoms with Gasteiger partial charge in [0.2, 0.25) is 5.91 Å². The van der Waals surface area contributed by atoms with E-state index in [1.807, 2.05) is 0 Å². The van der Waals surface area contributed by atoms with Gasteiger partial charge in [-0.15, -0.1) is 0 Å². The molecule has 2 saturated heterocycles. The maximum absolute atomic E-state index is 12.3. The monoisotopic (exact) mass is 321 g/mol. The first-order valence-corrected chi connectivity index (χ1v) is 8.11. The number of carbonyl (C=O) groups is 1. The Hall–Kier alpha value is -1.93. The molecule has 1 aromatic heterocycles. The second kappa shape index (κ2) is 6.67. The van der Waals surface area contributed by atoms with Gasteiger partial charge in [-0.1, -0.05) is 0 Å². The number of H-pyrrole nitrogens is 2. The van der Waals surface area contributed by atoms with E-state index in [2.05, 4.69) is 25.9 Å². The number of hydrogen-bond donors (Lipinski definition) is 5. The van der Waals surface area contributed by atoms with E-state index in [1.165, 1.54) is 6.20 Å². The Bertz CT molecular complexity index is 674. The van der Waals surface area contributed by atoms with E-state index >= 15 is 0 Å². The van der Waals surface area contributed by atoms with E-state index in [1.54, 1.807) is 0 Å². The van der Waals surface area contributed by atoms with Gasteiger partial charge in [0.1, 0.15) is 0 Å². The second-order valence-corrected chi connectivity index (χ2v) is 6.53. The van der Waals surface area contributed by atoms with Crippen molar-refractivity contribution >= 4 is 5.91 Å². The predicted octanol–water partition coefficient (Wildman–Crippen LogP) is -1.55. The topological polar surface area (TPSA) is 119 Å². The highest BCUT2D eigenvalue weighted by atomic mass is 16.2. The van der Waals surface area contributed by atoms with Crippen molar-refractivity contribution in [1.29, 1.82) is 0 Å². The average molecular weight is 321 g/mol. The first kappa shape index (κ1) is 15.9. The molecule has 8 heteroatoms. The van der Waals surface area contributed by atoms with Crippen molar-refractivity contribution < 1.29 is 4.79 Å². The highest BCUT2D eigenvalue weighted by Crippen LogP contribution is 2.37. The molecule has 126 valence electrons. The molecular formula is C15H23N5O3. The van der Waals surface area contributed by atoms with Crippen LogP contribution in [0.25, 0.3) is 0 Å². The fourth-order valence-electron chi connectivity index (χ4n) is 3.51. The lowest BCUT2D eigenvalue weighted by molar-refractivity contribution is -0.122. The van der Waals surface area contributed by atoms with Gasteiger partial charge in [-0.2, -0.15) is 0 Å². The third kappa shape index (κ3) is 3.70. The number of hydrogen-bond acceptors (Lipinski definition) is 5. The molecule has 0 bridgehead atoms. The highest BCUT2D eigenvalue weighted by Gasteiger charge is 2.41. The zero-order chi connectivity index (χ0) is 16.3. The summed E-state index contributed by atoms with van der Waals surface area (Å²) in [6, 6.07) is -0.151. The predicted molar refractivity (Wildman–Crippen MR) is 85.3 cm³/mol. The summed E-state index contributed by atoms with van der Waals surface area (Å²) in [7, 11) is 0. The Morgan fingerprint density at radius 1 is 1.30 bits per heavy atom. The lowest BCUT2D eigenvalue weighted by Gasteiger charge is -2.33. The van der Waals surface area contributed by atoms with E-state index in [0.29, 0.717) is 18.5 Å². The Morgan fingerprint density at radius 3 is 2.83 bits per heavy atom. The quantitative estimate of drug-likeness (QED) is 0.460. The van der Waals surface area contributed by atoms with E-state index in [0.717, 1.165) is 38.9 Å². The van der Waals surface area contributed by atoms with Gasteiger partial charge in [-0.3, -0.25) is 14.6 Å². The van der Waals surface area contributed by atoms with Crippen LogP contribution in [0.2, 0.25) is 0 Å². The summed E-state index contributed by atoms with van der Waals surface area (Å²) < 4.78 is 0. The van der Waals surface area contributed by atoms with Crippen molar-refractivity contribution in [3.63, 3.8) is 0 Å². The van der Waals surface area contributed by atoms with Gasteiger partial charge in [0.25, 0.3) is 5.56 Å². The SMILES string of the molecule is O=C(NCCc1c[nH]c(=O)[nH]c1=O)[C@@H]1CC2(CCNCC2)CN1. The van der Waals surface area contributed by atoms with E-state index in [4.69, 9.17) is 0 Å². The summed E-state index contributed by atoms with van der Waals surface area (Å²) in [6.07, 6.45) is 4.87. The van der Waals surface area contributed by atoms with E-state index < -0.39 is 11.2 Å². The molecule has 1 spiro atoms. The summed E-state index contributed by atoms with van der Waals surface area (Å²) in [4.78, 5) is 39.4. The Balaban J connectivity index is 1.48. The maximum atomic E-state index is 12.3. The van der Waals surface area contributed by atoms with Gasteiger partial charge >= 0.3 is 5.69 Å². The van der Waals surface area contributed by atoms with Crippen molar-refractivity contribution in [1.82, 2.24) is 25.9 Å². The fourth-order valence-corrected chi connectivity index (χ4v) is 3.51. The third-order valence-corrected chi connectivity index (χ3v) is 4.93. The summed E-state index contributed by atoms with van der Waals surface area (Å²) in [5, 5.41) is 9.56. The molecular weight excluding hydrogens is 298 g/mol. The number of nitrogens with one attached hydrogen (secondary N) is 5. The van der Waals surface area contributed by atoms with E-state index in [-0.39, 0.29) is 17.4 Å². The highest BCUT2D eigenvalue weighted by molar-refractivity contribution is 5.82. The average Bonchev–Trinajstić information content (AvgIpc) is 2.94. The molecule has 8 nitrogen and oxygen atoms in total. The first-order chi connectivity index (χ1) is 11.1. The molecule has 0 radical (unpaired) electrons. The molecule has 23 heavy (non-hydrogen) atoms. The number of amides is 1. The van der Waals surface area contributed by atoms with Crippen LogP contribution in [0.3, 0.4) is 0 Å². The van der Waals surface area contributed by atoms with Gasteiger partial charge in [-0.25, -0.2) is 4.79 Å². The van der Waals surface area contributed by atoms with Gasteiger partial charge in [0.05, 0.1) is 6.04 Å². The number of piperidine rings is 1. The van der Waals surface area contributed by atoms with Crippen LogP contribution in [-0.4, -0.2) is 48.1 Å². The van der Waals surface area contributed by atoms with Crippen molar-refractivity contribution in [2.24, 2.45) is 5.41 Å². The molecule has 2 aliphatic rings. The smallest absolute Gasteiger partial charge is 0.325 e. The van der Waals surface area contributed by atoms with Crippen LogP contribution in [0, 0.1) is 5.41 Å². The summed E-state index contributed by atoms with van der Waals surface area (Å²) in [5.41, 5.74) is -0.219. The van der Waals surface area contributed by atoms with E-state index in [9.17, 15) is 14.4 Å². The van der Waals surface area contributed by atoms with Crippen LogP contribution in [0.1, 0.15) is 24.8 Å². The third-order valence-electron chi connectivity index (χ3n) is 4.93. The molecule has 1 aromatic rings. The summed E-state index contributed by atoms with van der Waals surface area (Å²) in [5.74, 6) is -0.0127.